The molecule has 0 fully saturated rings. The van der Waals surface area contributed by atoms with Crippen LogP contribution in [0.2, 0.25) is 0 Å². The number of carbonyl (C=O) groups is 1. The summed E-state index contributed by atoms with van der Waals surface area (Å²) in [6, 6.07) is -0.808. The van der Waals surface area contributed by atoms with Gasteiger partial charge in [0, 0.05) is 12.2 Å². The van der Waals surface area contributed by atoms with Crippen LogP contribution in [0.1, 0.15) is 47.0 Å². The van der Waals surface area contributed by atoms with E-state index in [1.54, 1.807) is 13.0 Å². The van der Waals surface area contributed by atoms with Gasteiger partial charge in [0.1, 0.15) is 0 Å². The first kappa shape index (κ1) is 21.7. The average molecular weight is 374 g/mol. The molecular formula is C16H31N4O4P. The molecule has 4 atom stereocenters. The summed E-state index contributed by atoms with van der Waals surface area (Å²) in [6.07, 6.45) is 3.37. The fourth-order valence-corrected chi connectivity index (χ4v) is 4.06. The number of guanidine groups is 1. The second-order valence-electron chi connectivity index (χ2n) is 6.05. The minimum absolute atomic E-state index is 0.0178. The van der Waals surface area contributed by atoms with Crippen molar-refractivity contribution in [2.45, 2.75) is 71.2 Å². The van der Waals surface area contributed by atoms with E-state index in [0.717, 1.165) is 12.8 Å². The summed E-state index contributed by atoms with van der Waals surface area (Å²) in [7, 11) is -2.37. The van der Waals surface area contributed by atoms with Gasteiger partial charge >= 0.3 is 0 Å². The Bertz CT molecular complexity index is 522. The molecule has 0 radical (unpaired) electrons. The Morgan fingerprint density at radius 2 is 2.04 bits per heavy atom. The average Bonchev–Trinajstić information content (AvgIpc) is 2.54. The Balaban J connectivity index is 3.17. The summed E-state index contributed by atoms with van der Waals surface area (Å²) in [4.78, 5) is 11.7. The molecule has 25 heavy (non-hydrogen) atoms. The first-order valence-corrected chi connectivity index (χ1v) is 10.0. The van der Waals surface area contributed by atoms with Crippen molar-refractivity contribution in [2.24, 2.45) is 5.73 Å². The molecule has 8 nitrogen and oxygen atoms in total. The van der Waals surface area contributed by atoms with Crippen LogP contribution in [-0.4, -0.2) is 42.8 Å². The zero-order valence-corrected chi connectivity index (χ0v) is 16.4. The summed E-state index contributed by atoms with van der Waals surface area (Å²) in [5.74, 6) is -0.410. The number of hydrogen-bond acceptors (Lipinski definition) is 5. The summed E-state index contributed by atoms with van der Waals surface area (Å²) < 4.78 is 23.8. The SMILES string of the molecule is CCO[PH](=O)C1=C[C@@H](OC(CC)CC)[C@H](NC(C)=O)[C@@H](NC(=N)N)C1. The minimum Gasteiger partial charge on any atom is -0.370 e. The van der Waals surface area contributed by atoms with E-state index in [-0.39, 0.29) is 18.0 Å². The Labute approximate surface area is 150 Å². The maximum absolute atomic E-state index is 12.4. The predicted molar refractivity (Wildman–Crippen MR) is 99.0 cm³/mol. The molecule has 0 aromatic rings. The second kappa shape index (κ2) is 10.6. The van der Waals surface area contributed by atoms with E-state index in [1.165, 1.54) is 6.92 Å². The molecule has 0 aromatic heterocycles. The van der Waals surface area contributed by atoms with Gasteiger partial charge in [0.15, 0.2) is 5.96 Å². The molecule has 144 valence electrons. The Morgan fingerprint density at radius 1 is 1.40 bits per heavy atom. The van der Waals surface area contributed by atoms with Crippen molar-refractivity contribution >= 4 is 19.9 Å². The normalized spacial score (nSPS) is 24.5. The smallest absolute Gasteiger partial charge is 0.217 e. The van der Waals surface area contributed by atoms with Crippen LogP contribution in [0.5, 0.6) is 0 Å². The molecule has 1 aliphatic carbocycles. The molecule has 0 bridgehead atoms. The monoisotopic (exact) mass is 374 g/mol. The van der Waals surface area contributed by atoms with Crippen LogP contribution in [0.25, 0.3) is 0 Å². The lowest BCUT2D eigenvalue weighted by molar-refractivity contribution is -0.121. The quantitative estimate of drug-likeness (QED) is 0.276. The van der Waals surface area contributed by atoms with Crippen LogP contribution in [0.15, 0.2) is 11.4 Å². The predicted octanol–water partition coefficient (Wildman–Crippen LogP) is 1.72. The highest BCUT2D eigenvalue weighted by Gasteiger charge is 2.37. The fourth-order valence-electron chi connectivity index (χ4n) is 2.92. The Hall–Kier alpha value is -1.37. The molecule has 0 aromatic carbocycles. The summed E-state index contributed by atoms with van der Waals surface area (Å²) >= 11 is 0. The fraction of sp³-hybridized carbons (Fsp3) is 0.750. The van der Waals surface area contributed by atoms with E-state index in [2.05, 4.69) is 10.6 Å². The lowest BCUT2D eigenvalue weighted by atomic mass is 9.92. The molecule has 1 aliphatic rings. The van der Waals surface area contributed by atoms with Crippen molar-refractivity contribution < 1.29 is 18.6 Å². The molecule has 0 saturated carbocycles. The third kappa shape index (κ3) is 6.80. The van der Waals surface area contributed by atoms with E-state index in [0.29, 0.717) is 18.3 Å². The number of amides is 1. The Morgan fingerprint density at radius 3 is 2.52 bits per heavy atom. The van der Waals surface area contributed by atoms with E-state index < -0.39 is 26.2 Å². The maximum atomic E-state index is 12.4. The first-order valence-electron chi connectivity index (χ1n) is 8.73. The number of hydrogen-bond donors (Lipinski definition) is 4. The zero-order chi connectivity index (χ0) is 19.0. The summed E-state index contributed by atoms with van der Waals surface area (Å²) in [5, 5.41) is 13.9. The molecule has 1 amide bonds. The second-order valence-corrected chi connectivity index (χ2v) is 7.55. The highest BCUT2D eigenvalue weighted by Crippen LogP contribution is 2.40. The first-order chi connectivity index (χ1) is 11.8. The lowest BCUT2D eigenvalue weighted by Crippen LogP contribution is -2.60. The van der Waals surface area contributed by atoms with Crippen LogP contribution in [0.4, 0.5) is 0 Å². The van der Waals surface area contributed by atoms with Crippen molar-refractivity contribution in [3.63, 3.8) is 0 Å². The number of ether oxygens (including phenoxy) is 1. The van der Waals surface area contributed by atoms with Crippen LogP contribution in [0, 0.1) is 5.41 Å². The van der Waals surface area contributed by atoms with Gasteiger partial charge in [0.2, 0.25) is 13.9 Å². The standard InChI is InChI=1S/C16H31N4O4P/c1-5-11(6-2)24-14-9-12(25(22)23-7-3)8-13(20-16(17)18)15(14)19-10(4)21/h9,11,13-15,25H,5-8H2,1-4H3,(H,19,21)(H4,17,18,20)/t13-,14+,15+/m0/s1. The van der Waals surface area contributed by atoms with E-state index in [9.17, 15) is 9.36 Å². The van der Waals surface area contributed by atoms with Crippen molar-refractivity contribution in [3.05, 3.63) is 11.4 Å². The maximum Gasteiger partial charge on any atom is 0.217 e. The highest BCUT2D eigenvalue weighted by atomic mass is 31.1. The summed E-state index contributed by atoms with van der Waals surface area (Å²) in [6.45, 7) is 7.64. The molecule has 0 aliphatic heterocycles. The van der Waals surface area contributed by atoms with Crippen molar-refractivity contribution in [1.82, 2.24) is 10.6 Å². The lowest BCUT2D eigenvalue weighted by Gasteiger charge is -2.39. The van der Waals surface area contributed by atoms with E-state index in [4.69, 9.17) is 20.4 Å². The van der Waals surface area contributed by atoms with Crippen molar-refractivity contribution in [1.29, 1.82) is 5.41 Å². The molecule has 5 N–H and O–H groups in total. The molecular weight excluding hydrogens is 343 g/mol. The van der Waals surface area contributed by atoms with E-state index in [1.807, 2.05) is 13.8 Å². The van der Waals surface area contributed by atoms with Gasteiger partial charge in [-0.3, -0.25) is 14.8 Å². The molecule has 0 heterocycles. The highest BCUT2D eigenvalue weighted by molar-refractivity contribution is 7.44. The molecule has 0 spiro atoms. The van der Waals surface area contributed by atoms with Gasteiger partial charge in [0.05, 0.1) is 30.9 Å². The van der Waals surface area contributed by atoms with Gasteiger partial charge in [-0.1, -0.05) is 13.8 Å². The number of nitrogens with one attached hydrogen (secondary N) is 3. The minimum atomic E-state index is -2.37. The summed E-state index contributed by atoms with van der Waals surface area (Å²) in [5.41, 5.74) is 5.49. The molecule has 0 saturated heterocycles. The van der Waals surface area contributed by atoms with Crippen molar-refractivity contribution in [2.75, 3.05) is 6.61 Å². The van der Waals surface area contributed by atoms with Gasteiger partial charge < -0.3 is 25.6 Å². The Kier molecular flexibility index (Phi) is 9.17. The van der Waals surface area contributed by atoms with Crippen LogP contribution in [0.3, 0.4) is 0 Å². The zero-order valence-electron chi connectivity index (χ0n) is 15.4. The number of rotatable bonds is 9. The van der Waals surface area contributed by atoms with E-state index >= 15 is 0 Å². The van der Waals surface area contributed by atoms with Gasteiger partial charge in [-0.15, -0.1) is 0 Å². The molecule has 9 heteroatoms. The number of nitrogens with two attached hydrogens (primary N) is 1. The van der Waals surface area contributed by atoms with Gasteiger partial charge in [-0.05, 0) is 32.3 Å². The van der Waals surface area contributed by atoms with Crippen LogP contribution >= 0.6 is 8.03 Å². The van der Waals surface area contributed by atoms with Gasteiger partial charge in [-0.25, -0.2) is 0 Å². The van der Waals surface area contributed by atoms with Gasteiger partial charge in [-0.2, -0.15) is 0 Å². The topological polar surface area (TPSA) is 127 Å². The van der Waals surface area contributed by atoms with Crippen molar-refractivity contribution in [3.8, 4) is 0 Å². The molecule has 1 unspecified atom stereocenters. The third-order valence-electron chi connectivity index (χ3n) is 4.10. The van der Waals surface area contributed by atoms with Gasteiger partial charge in [0.25, 0.3) is 0 Å². The third-order valence-corrected chi connectivity index (χ3v) is 5.55. The number of carbonyl (C=O) groups excluding carboxylic acids is 1. The van der Waals surface area contributed by atoms with Crippen LogP contribution < -0.4 is 16.4 Å². The van der Waals surface area contributed by atoms with Crippen LogP contribution in [-0.2, 0) is 18.6 Å². The largest absolute Gasteiger partial charge is 0.370 e. The molecule has 1 rings (SSSR count).